The lowest BCUT2D eigenvalue weighted by Gasteiger charge is -2.23. The molecule has 0 atom stereocenters. The number of carbonyl (C=O) groups is 1. The van der Waals surface area contributed by atoms with Crippen molar-refractivity contribution in [1.29, 1.82) is 0 Å². The van der Waals surface area contributed by atoms with E-state index in [0.29, 0.717) is 11.8 Å². The van der Waals surface area contributed by atoms with Crippen LogP contribution in [0.25, 0.3) is 0 Å². The molecule has 1 saturated carbocycles. The molecule has 1 saturated heterocycles. The van der Waals surface area contributed by atoms with Crippen LogP contribution in [0.15, 0.2) is 0 Å². The molecule has 16 heavy (non-hydrogen) atoms. The number of carbonyl (C=O) groups excluding carboxylic acids is 1. The molecule has 1 heterocycles. The summed E-state index contributed by atoms with van der Waals surface area (Å²) in [7, 11) is 1.97. The largest absolute Gasteiger partial charge is 0.344 e. The summed E-state index contributed by atoms with van der Waals surface area (Å²) in [6.07, 6.45) is 7.40. The van der Waals surface area contributed by atoms with Gasteiger partial charge in [-0.1, -0.05) is 12.8 Å². The molecule has 92 valence electrons. The number of hydrogen-bond donors (Lipinski definition) is 0. The minimum absolute atomic E-state index is 0.337. The average Bonchev–Trinajstić information content (AvgIpc) is 2.96. The van der Waals surface area contributed by atoms with E-state index >= 15 is 0 Å². The fourth-order valence-electron chi connectivity index (χ4n) is 2.89. The van der Waals surface area contributed by atoms with Crippen LogP contribution in [-0.2, 0) is 4.79 Å². The van der Waals surface area contributed by atoms with Gasteiger partial charge in [-0.2, -0.15) is 0 Å². The Bertz CT molecular complexity index is 230. The van der Waals surface area contributed by atoms with Gasteiger partial charge in [0.05, 0.1) is 0 Å². The highest BCUT2D eigenvalue weighted by molar-refractivity contribution is 5.78. The van der Waals surface area contributed by atoms with Gasteiger partial charge in [-0.3, -0.25) is 4.79 Å². The molecule has 1 amide bonds. The van der Waals surface area contributed by atoms with Crippen LogP contribution in [0.3, 0.4) is 0 Å². The Morgan fingerprint density at radius 1 is 1.19 bits per heavy atom. The number of rotatable bonds is 4. The Balaban J connectivity index is 1.69. The van der Waals surface area contributed by atoms with Gasteiger partial charge in [0.25, 0.3) is 0 Å². The monoisotopic (exact) mass is 224 g/mol. The lowest BCUT2D eigenvalue weighted by molar-refractivity contribution is -0.134. The van der Waals surface area contributed by atoms with E-state index in [1.165, 1.54) is 38.8 Å². The molecule has 0 unspecified atom stereocenters. The van der Waals surface area contributed by atoms with Crippen LogP contribution < -0.4 is 0 Å². The highest BCUT2D eigenvalue weighted by Crippen LogP contribution is 2.26. The van der Waals surface area contributed by atoms with Gasteiger partial charge in [-0.05, 0) is 38.8 Å². The molecule has 0 aromatic heterocycles. The first-order valence-electron chi connectivity index (χ1n) is 6.75. The van der Waals surface area contributed by atoms with E-state index in [1.54, 1.807) is 0 Å². The maximum atomic E-state index is 12.1. The Labute approximate surface area is 98.8 Å². The first kappa shape index (κ1) is 11.9. The van der Waals surface area contributed by atoms with Crippen LogP contribution >= 0.6 is 0 Å². The summed E-state index contributed by atoms with van der Waals surface area (Å²) in [4.78, 5) is 16.5. The minimum Gasteiger partial charge on any atom is -0.344 e. The lowest BCUT2D eigenvalue weighted by atomic mass is 10.1. The van der Waals surface area contributed by atoms with Crippen LogP contribution in [0, 0.1) is 5.92 Å². The van der Waals surface area contributed by atoms with Crippen LogP contribution in [0.5, 0.6) is 0 Å². The van der Waals surface area contributed by atoms with Gasteiger partial charge in [-0.15, -0.1) is 0 Å². The van der Waals surface area contributed by atoms with Gasteiger partial charge in [0, 0.05) is 26.1 Å². The van der Waals surface area contributed by atoms with Crippen molar-refractivity contribution in [3.63, 3.8) is 0 Å². The number of likely N-dealkylation sites (N-methyl/N-ethyl adjacent to an activating group) is 1. The zero-order valence-electron chi connectivity index (χ0n) is 10.5. The Morgan fingerprint density at radius 3 is 2.44 bits per heavy atom. The molecule has 2 fully saturated rings. The number of amides is 1. The predicted molar refractivity (Wildman–Crippen MR) is 65.3 cm³/mol. The molecule has 1 aliphatic carbocycles. The topological polar surface area (TPSA) is 23.6 Å². The number of nitrogens with zero attached hydrogens (tertiary/aromatic N) is 2. The van der Waals surface area contributed by atoms with Gasteiger partial charge in [0.2, 0.25) is 5.91 Å². The van der Waals surface area contributed by atoms with Crippen LogP contribution in [-0.4, -0.2) is 48.9 Å². The summed E-state index contributed by atoms with van der Waals surface area (Å²) < 4.78 is 0. The third kappa shape index (κ3) is 2.97. The summed E-state index contributed by atoms with van der Waals surface area (Å²) in [5.74, 6) is 0.722. The normalized spacial score (nSPS) is 22.8. The molecule has 3 heteroatoms. The Hall–Kier alpha value is -0.570. The SMILES string of the molecule is CN(CCN1CCCC1)C(=O)C1CCCC1. The number of hydrogen-bond acceptors (Lipinski definition) is 2. The van der Waals surface area contributed by atoms with Crippen molar-refractivity contribution in [1.82, 2.24) is 9.80 Å². The molecule has 2 aliphatic rings. The van der Waals surface area contributed by atoms with E-state index in [0.717, 1.165) is 25.9 Å². The molecule has 0 N–H and O–H groups in total. The lowest BCUT2D eigenvalue weighted by Crippen LogP contribution is -2.37. The van der Waals surface area contributed by atoms with E-state index < -0.39 is 0 Å². The molecule has 3 nitrogen and oxygen atoms in total. The van der Waals surface area contributed by atoms with Gasteiger partial charge in [0.1, 0.15) is 0 Å². The second-order valence-electron chi connectivity index (χ2n) is 5.29. The smallest absolute Gasteiger partial charge is 0.225 e. The first-order chi connectivity index (χ1) is 7.77. The maximum absolute atomic E-state index is 12.1. The van der Waals surface area contributed by atoms with Crippen molar-refractivity contribution in [2.24, 2.45) is 5.92 Å². The van der Waals surface area contributed by atoms with Crippen LogP contribution in [0.2, 0.25) is 0 Å². The van der Waals surface area contributed by atoms with Gasteiger partial charge < -0.3 is 9.80 Å². The van der Waals surface area contributed by atoms with Crippen molar-refractivity contribution < 1.29 is 4.79 Å². The van der Waals surface area contributed by atoms with E-state index in [9.17, 15) is 4.79 Å². The van der Waals surface area contributed by atoms with E-state index in [-0.39, 0.29) is 0 Å². The quantitative estimate of drug-likeness (QED) is 0.726. The fourth-order valence-corrected chi connectivity index (χ4v) is 2.89. The standard InChI is InChI=1S/C13H24N2O/c1-14(10-11-15-8-4-5-9-15)13(16)12-6-2-3-7-12/h12H,2-11H2,1H3. The van der Waals surface area contributed by atoms with Crippen molar-refractivity contribution in [3.8, 4) is 0 Å². The molecule has 0 radical (unpaired) electrons. The molecule has 0 spiro atoms. The zero-order chi connectivity index (χ0) is 11.4. The van der Waals surface area contributed by atoms with Crippen LogP contribution in [0.1, 0.15) is 38.5 Å². The van der Waals surface area contributed by atoms with Crippen LogP contribution in [0.4, 0.5) is 0 Å². The average molecular weight is 224 g/mol. The van der Waals surface area contributed by atoms with Gasteiger partial charge >= 0.3 is 0 Å². The summed E-state index contributed by atoms with van der Waals surface area (Å²) in [5.41, 5.74) is 0. The number of likely N-dealkylation sites (tertiary alicyclic amines) is 1. The third-order valence-electron chi connectivity index (χ3n) is 4.03. The third-order valence-corrected chi connectivity index (χ3v) is 4.03. The summed E-state index contributed by atoms with van der Waals surface area (Å²) in [6.45, 7) is 4.43. The van der Waals surface area contributed by atoms with E-state index in [2.05, 4.69) is 4.90 Å². The highest BCUT2D eigenvalue weighted by atomic mass is 16.2. The molecular formula is C13H24N2O. The molecule has 1 aliphatic heterocycles. The van der Waals surface area contributed by atoms with Crippen molar-refractivity contribution >= 4 is 5.91 Å². The second kappa shape index (κ2) is 5.67. The molecule has 0 aromatic carbocycles. The summed E-state index contributed by atoms with van der Waals surface area (Å²) in [5, 5.41) is 0. The molecular weight excluding hydrogens is 200 g/mol. The molecule has 0 bridgehead atoms. The first-order valence-corrected chi connectivity index (χ1v) is 6.75. The zero-order valence-corrected chi connectivity index (χ0v) is 10.5. The maximum Gasteiger partial charge on any atom is 0.225 e. The van der Waals surface area contributed by atoms with Crippen molar-refractivity contribution in [2.45, 2.75) is 38.5 Å². The highest BCUT2D eigenvalue weighted by Gasteiger charge is 2.25. The summed E-state index contributed by atoms with van der Waals surface area (Å²) in [6, 6.07) is 0. The van der Waals surface area contributed by atoms with Crippen molar-refractivity contribution in [2.75, 3.05) is 33.2 Å². The van der Waals surface area contributed by atoms with E-state index in [4.69, 9.17) is 0 Å². The fraction of sp³-hybridized carbons (Fsp3) is 0.923. The molecule has 2 rings (SSSR count). The Kier molecular flexibility index (Phi) is 4.22. The van der Waals surface area contributed by atoms with Gasteiger partial charge in [0.15, 0.2) is 0 Å². The predicted octanol–water partition coefficient (Wildman–Crippen LogP) is 1.73. The summed E-state index contributed by atoms with van der Waals surface area (Å²) >= 11 is 0. The van der Waals surface area contributed by atoms with E-state index in [1.807, 2.05) is 11.9 Å². The Morgan fingerprint density at radius 2 is 1.81 bits per heavy atom. The second-order valence-corrected chi connectivity index (χ2v) is 5.29. The minimum atomic E-state index is 0.337. The van der Waals surface area contributed by atoms with Crippen molar-refractivity contribution in [3.05, 3.63) is 0 Å². The molecule has 0 aromatic rings. The van der Waals surface area contributed by atoms with Gasteiger partial charge in [-0.25, -0.2) is 0 Å².